The van der Waals surface area contributed by atoms with Crippen molar-refractivity contribution >= 4 is 5.82 Å². The molecule has 1 aromatic heterocycles. The number of nitrogens with zero attached hydrogens (tertiary/aromatic N) is 1. The van der Waals surface area contributed by atoms with Crippen LogP contribution in [0.15, 0.2) is 36.5 Å². The number of benzene rings is 1. The van der Waals surface area contributed by atoms with E-state index in [9.17, 15) is 17.6 Å². The molecule has 7 heteroatoms. The molecule has 0 fully saturated rings. The third-order valence-electron chi connectivity index (χ3n) is 2.27. The van der Waals surface area contributed by atoms with Crippen LogP contribution < -0.4 is 10.5 Å². The zero-order chi connectivity index (χ0) is 14.0. The van der Waals surface area contributed by atoms with Gasteiger partial charge in [0.2, 0.25) is 0 Å². The Morgan fingerprint density at radius 2 is 1.84 bits per heavy atom. The van der Waals surface area contributed by atoms with E-state index in [2.05, 4.69) is 9.72 Å². The standard InChI is InChI=1S/C12H8F4N2O/c13-10-5-8(6-18-11(10)17)7-2-1-3-9(4-7)19-12(14,15)16/h1-6H,(H2,17,18). The predicted octanol–water partition coefficient (Wildman–Crippen LogP) is 3.37. The van der Waals surface area contributed by atoms with E-state index in [0.29, 0.717) is 11.1 Å². The molecule has 0 radical (unpaired) electrons. The Morgan fingerprint density at radius 1 is 1.11 bits per heavy atom. The molecule has 0 saturated carbocycles. The molecule has 0 aliphatic rings. The smallest absolute Gasteiger partial charge is 0.406 e. The summed E-state index contributed by atoms with van der Waals surface area (Å²) in [6.07, 6.45) is -3.51. The fourth-order valence-electron chi connectivity index (χ4n) is 1.48. The minimum atomic E-state index is -4.77. The second kappa shape index (κ2) is 4.75. The number of halogens is 4. The largest absolute Gasteiger partial charge is 0.573 e. The first-order chi connectivity index (χ1) is 8.85. The van der Waals surface area contributed by atoms with Gasteiger partial charge in [-0.2, -0.15) is 0 Å². The Morgan fingerprint density at radius 3 is 2.47 bits per heavy atom. The Hall–Kier alpha value is -2.31. The van der Waals surface area contributed by atoms with Crippen LogP contribution in [0.3, 0.4) is 0 Å². The molecule has 19 heavy (non-hydrogen) atoms. The lowest BCUT2D eigenvalue weighted by Gasteiger charge is -2.10. The van der Waals surface area contributed by atoms with Gasteiger partial charge in [-0.25, -0.2) is 9.37 Å². The molecule has 0 amide bonds. The minimum Gasteiger partial charge on any atom is -0.406 e. The van der Waals surface area contributed by atoms with Gasteiger partial charge in [0, 0.05) is 11.8 Å². The van der Waals surface area contributed by atoms with E-state index in [-0.39, 0.29) is 11.6 Å². The summed E-state index contributed by atoms with van der Waals surface area (Å²) >= 11 is 0. The summed E-state index contributed by atoms with van der Waals surface area (Å²) in [5, 5.41) is 0. The number of aromatic nitrogens is 1. The first kappa shape index (κ1) is 13.1. The molecule has 2 rings (SSSR count). The summed E-state index contributed by atoms with van der Waals surface area (Å²) in [4.78, 5) is 3.60. The van der Waals surface area contributed by atoms with Crippen LogP contribution in [0.25, 0.3) is 11.1 Å². The highest BCUT2D eigenvalue weighted by atomic mass is 19.4. The monoisotopic (exact) mass is 272 g/mol. The molecule has 0 aliphatic heterocycles. The molecule has 1 aromatic carbocycles. The van der Waals surface area contributed by atoms with Gasteiger partial charge in [0.15, 0.2) is 11.6 Å². The fraction of sp³-hybridized carbons (Fsp3) is 0.0833. The van der Waals surface area contributed by atoms with Gasteiger partial charge in [-0.05, 0) is 23.8 Å². The number of nitrogen functional groups attached to an aromatic ring is 1. The average Bonchev–Trinajstić information content (AvgIpc) is 2.31. The highest BCUT2D eigenvalue weighted by Crippen LogP contribution is 2.28. The fourth-order valence-corrected chi connectivity index (χ4v) is 1.48. The Labute approximate surface area is 105 Å². The van der Waals surface area contributed by atoms with E-state index < -0.39 is 12.2 Å². The molecule has 0 spiro atoms. The Bertz CT molecular complexity index is 599. The van der Waals surface area contributed by atoms with Crippen LogP contribution in [0.4, 0.5) is 23.4 Å². The van der Waals surface area contributed by atoms with Crippen molar-refractivity contribution in [1.29, 1.82) is 0 Å². The van der Waals surface area contributed by atoms with Gasteiger partial charge in [-0.15, -0.1) is 13.2 Å². The van der Waals surface area contributed by atoms with Crippen molar-refractivity contribution in [3.63, 3.8) is 0 Å². The van der Waals surface area contributed by atoms with Crippen LogP contribution in [0, 0.1) is 5.82 Å². The van der Waals surface area contributed by atoms with Gasteiger partial charge in [0.25, 0.3) is 0 Å². The molecule has 3 nitrogen and oxygen atoms in total. The lowest BCUT2D eigenvalue weighted by molar-refractivity contribution is -0.274. The Kier molecular flexibility index (Phi) is 3.28. The van der Waals surface area contributed by atoms with Gasteiger partial charge in [-0.3, -0.25) is 0 Å². The van der Waals surface area contributed by atoms with Crippen molar-refractivity contribution in [2.45, 2.75) is 6.36 Å². The van der Waals surface area contributed by atoms with Crippen LogP contribution in [0.1, 0.15) is 0 Å². The number of ether oxygens (including phenoxy) is 1. The summed E-state index contributed by atoms with van der Waals surface area (Å²) in [5.41, 5.74) is 5.87. The van der Waals surface area contributed by atoms with E-state index in [0.717, 1.165) is 18.2 Å². The summed E-state index contributed by atoms with van der Waals surface area (Å²) in [6.45, 7) is 0. The van der Waals surface area contributed by atoms with E-state index in [1.165, 1.54) is 18.3 Å². The number of hydrogen-bond acceptors (Lipinski definition) is 3. The van der Waals surface area contributed by atoms with Gasteiger partial charge in [-0.1, -0.05) is 12.1 Å². The summed E-state index contributed by atoms with van der Waals surface area (Å²) in [7, 11) is 0. The van der Waals surface area contributed by atoms with Crippen molar-refractivity contribution in [3.05, 3.63) is 42.3 Å². The maximum atomic E-state index is 13.2. The number of nitrogens with two attached hydrogens (primary N) is 1. The van der Waals surface area contributed by atoms with Gasteiger partial charge >= 0.3 is 6.36 Å². The zero-order valence-electron chi connectivity index (χ0n) is 9.41. The topological polar surface area (TPSA) is 48.1 Å². The highest BCUT2D eigenvalue weighted by Gasteiger charge is 2.31. The SMILES string of the molecule is Nc1ncc(-c2cccc(OC(F)(F)F)c2)cc1F. The highest BCUT2D eigenvalue weighted by molar-refractivity contribution is 5.65. The minimum absolute atomic E-state index is 0.272. The van der Waals surface area contributed by atoms with E-state index >= 15 is 0 Å². The molecule has 0 bridgehead atoms. The molecule has 0 unspecified atom stereocenters. The third kappa shape index (κ3) is 3.34. The lowest BCUT2D eigenvalue weighted by Crippen LogP contribution is -2.17. The number of hydrogen-bond donors (Lipinski definition) is 1. The van der Waals surface area contributed by atoms with Crippen molar-refractivity contribution in [1.82, 2.24) is 4.98 Å². The van der Waals surface area contributed by atoms with E-state index in [1.54, 1.807) is 0 Å². The zero-order valence-corrected chi connectivity index (χ0v) is 9.41. The normalized spacial score (nSPS) is 11.4. The molecule has 2 aromatic rings. The predicted molar refractivity (Wildman–Crippen MR) is 60.7 cm³/mol. The molecular weight excluding hydrogens is 264 g/mol. The number of pyridine rings is 1. The molecule has 0 atom stereocenters. The second-order valence-electron chi connectivity index (χ2n) is 3.67. The average molecular weight is 272 g/mol. The summed E-state index contributed by atoms with van der Waals surface area (Å²) in [5.74, 6) is -1.40. The quantitative estimate of drug-likeness (QED) is 0.853. The van der Waals surface area contributed by atoms with Crippen LogP contribution in [-0.2, 0) is 0 Å². The van der Waals surface area contributed by atoms with Crippen LogP contribution in [-0.4, -0.2) is 11.3 Å². The van der Waals surface area contributed by atoms with Crippen molar-refractivity contribution < 1.29 is 22.3 Å². The lowest BCUT2D eigenvalue weighted by atomic mass is 10.1. The van der Waals surface area contributed by atoms with Crippen LogP contribution in [0.2, 0.25) is 0 Å². The maximum absolute atomic E-state index is 13.2. The van der Waals surface area contributed by atoms with Crippen molar-refractivity contribution in [3.8, 4) is 16.9 Å². The number of rotatable bonds is 2. The first-order valence-corrected chi connectivity index (χ1v) is 5.12. The second-order valence-corrected chi connectivity index (χ2v) is 3.67. The molecule has 100 valence electrons. The Balaban J connectivity index is 2.35. The van der Waals surface area contributed by atoms with E-state index in [1.807, 2.05) is 0 Å². The molecular formula is C12H8F4N2O. The first-order valence-electron chi connectivity index (χ1n) is 5.12. The van der Waals surface area contributed by atoms with Gasteiger partial charge in [0.1, 0.15) is 5.75 Å². The number of anilines is 1. The van der Waals surface area contributed by atoms with E-state index in [4.69, 9.17) is 5.73 Å². The molecule has 0 aliphatic carbocycles. The van der Waals surface area contributed by atoms with Gasteiger partial charge in [0.05, 0.1) is 0 Å². The van der Waals surface area contributed by atoms with Crippen molar-refractivity contribution in [2.75, 3.05) is 5.73 Å². The van der Waals surface area contributed by atoms with Gasteiger partial charge < -0.3 is 10.5 Å². The number of alkyl halides is 3. The molecule has 0 saturated heterocycles. The summed E-state index contributed by atoms with van der Waals surface area (Å²) < 4.78 is 53.3. The summed E-state index contributed by atoms with van der Waals surface area (Å²) in [6, 6.07) is 6.26. The molecule has 1 heterocycles. The maximum Gasteiger partial charge on any atom is 0.573 e. The third-order valence-corrected chi connectivity index (χ3v) is 2.27. The molecule has 2 N–H and O–H groups in total. The van der Waals surface area contributed by atoms with Crippen LogP contribution in [0.5, 0.6) is 5.75 Å². The van der Waals surface area contributed by atoms with Crippen LogP contribution >= 0.6 is 0 Å². The van der Waals surface area contributed by atoms with Crippen molar-refractivity contribution in [2.24, 2.45) is 0 Å².